The lowest BCUT2D eigenvalue weighted by molar-refractivity contribution is -0.138. The van der Waals surface area contributed by atoms with Gasteiger partial charge in [-0.2, -0.15) is 0 Å². The summed E-state index contributed by atoms with van der Waals surface area (Å²) in [6.07, 6.45) is 4.30. The van der Waals surface area contributed by atoms with E-state index in [9.17, 15) is 28.8 Å². The van der Waals surface area contributed by atoms with Crippen LogP contribution in [0.4, 0.5) is 5.69 Å². The highest BCUT2D eigenvalue weighted by Gasteiger charge is 2.56. The van der Waals surface area contributed by atoms with Gasteiger partial charge in [-0.25, -0.2) is 0 Å². The molecule has 12 heteroatoms. The van der Waals surface area contributed by atoms with Crippen LogP contribution in [0.25, 0.3) is 11.0 Å². The van der Waals surface area contributed by atoms with Crippen molar-refractivity contribution in [1.82, 2.24) is 20.5 Å². The molecule has 3 fully saturated rings. The molecule has 46 heavy (non-hydrogen) atoms. The third-order valence-corrected chi connectivity index (χ3v) is 9.89. The third kappa shape index (κ3) is 6.61. The number of amides is 4. The molecule has 0 spiro atoms. The number of ketones is 1. The molecule has 0 aliphatic heterocycles. The molecule has 3 aliphatic rings. The van der Waals surface area contributed by atoms with E-state index in [2.05, 4.69) is 42.0 Å². The Morgan fingerprint density at radius 1 is 1.07 bits per heavy atom. The summed E-state index contributed by atoms with van der Waals surface area (Å²) < 4.78 is 6.67. The summed E-state index contributed by atoms with van der Waals surface area (Å²) >= 11 is 0. The molecule has 0 saturated heterocycles. The maximum atomic E-state index is 13.5. The van der Waals surface area contributed by atoms with Crippen LogP contribution in [0.3, 0.4) is 0 Å². The van der Waals surface area contributed by atoms with E-state index in [1.54, 1.807) is 31.2 Å². The zero-order chi connectivity index (χ0) is 33.2. The topological polar surface area (TPSA) is 169 Å². The van der Waals surface area contributed by atoms with E-state index < -0.39 is 35.1 Å². The highest BCUT2D eigenvalue weighted by molar-refractivity contribution is 6.36. The van der Waals surface area contributed by atoms with Gasteiger partial charge in [-0.3, -0.25) is 28.8 Å². The predicted molar refractivity (Wildman–Crippen MR) is 171 cm³/mol. The molecule has 2 aromatic heterocycles. The predicted octanol–water partition coefficient (Wildman–Crippen LogP) is 3.00. The van der Waals surface area contributed by atoms with Crippen molar-refractivity contribution in [1.29, 1.82) is 0 Å². The molecule has 4 amide bonds. The quantitative estimate of drug-likeness (QED) is 0.223. The zero-order valence-corrected chi connectivity index (χ0v) is 26.6. The average Bonchev–Trinajstić information content (AvgIpc) is 3.46. The Kier molecular flexibility index (Phi) is 9.45. The lowest BCUT2D eigenvalue weighted by Crippen LogP contribution is -2.60. The van der Waals surface area contributed by atoms with Crippen LogP contribution in [-0.2, 0) is 25.7 Å². The molecule has 1 aromatic carbocycles. The Balaban J connectivity index is 1.27. The van der Waals surface area contributed by atoms with Crippen molar-refractivity contribution >= 4 is 46.1 Å². The van der Waals surface area contributed by atoms with Gasteiger partial charge in [0.15, 0.2) is 0 Å². The van der Waals surface area contributed by atoms with Crippen molar-refractivity contribution in [2.75, 3.05) is 11.9 Å². The summed E-state index contributed by atoms with van der Waals surface area (Å²) in [6, 6.07) is 8.59. The largest absolute Gasteiger partial charge is 0.463 e. The minimum absolute atomic E-state index is 0.0432. The van der Waals surface area contributed by atoms with E-state index in [1.165, 1.54) is 35.6 Å². The summed E-state index contributed by atoms with van der Waals surface area (Å²) in [5, 5.41) is 11.2. The second-order valence-corrected chi connectivity index (χ2v) is 13.0. The van der Waals surface area contributed by atoms with Crippen molar-refractivity contribution in [3.05, 3.63) is 64.8 Å². The first-order valence-corrected chi connectivity index (χ1v) is 15.8. The number of rotatable bonds is 12. The Labute approximate surface area is 266 Å². The zero-order valence-electron chi connectivity index (χ0n) is 26.6. The van der Waals surface area contributed by atoms with E-state index in [4.69, 9.17) is 4.42 Å². The summed E-state index contributed by atoms with van der Waals surface area (Å²) in [5.74, 6) is -1.77. The number of furan rings is 1. The molecule has 3 saturated carbocycles. The molecule has 0 unspecified atom stereocenters. The van der Waals surface area contributed by atoms with Gasteiger partial charge in [0.2, 0.25) is 17.6 Å². The van der Waals surface area contributed by atoms with Gasteiger partial charge in [0.1, 0.15) is 30.1 Å². The molecular formula is C34H41N5O7. The Bertz CT molecular complexity index is 1720. The minimum Gasteiger partial charge on any atom is -0.463 e. The van der Waals surface area contributed by atoms with Gasteiger partial charge in [0, 0.05) is 30.6 Å². The molecule has 2 bridgehead atoms. The number of nitrogens with zero attached hydrogens (tertiary/aromatic N) is 1. The summed E-state index contributed by atoms with van der Waals surface area (Å²) in [6.45, 7) is 8.46. The van der Waals surface area contributed by atoms with Gasteiger partial charge in [-0.1, -0.05) is 39.0 Å². The molecule has 3 aromatic rings. The number of pyridine rings is 1. The van der Waals surface area contributed by atoms with Gasteiger partial charge in [0.25, 0.3) is 17.4 Å². The molecule has 4 N–H and O–H groups in total. The van der Waals surface area contributed by atoms with E-state index in [1.807, 2.05) is 0 Å². The minimum atomic E-state index is -1.28. The molecular weight excluding hydrogens is 590 g/mol. The van der Waals surface area contributed by atoms with Crippen LogP contribution in [0.15, 0.2) is 58.1 Å². The van der Waals surface area contributed by atoms with Gasteiger partial charge < -0.3 is 30.3 Å². The summed E-state index contributed by atoms with van der Waals surface area (Å²) in [7, 11) is 0. The van der Waals surface area contributed by atoms with Crippen molar-refractivity contribution in [3.63, 3.8) is 0 Å². The van der Waals surface area contributed by atoms with Gasteiger partial charge in [-0.15, -0.1) is 0 Å². The number of hydrogen-bond acceptors (Lipinski definition) is 7. The molecule has 6 rings (SSSR count). The van der Waals surface area contributed by atoms with Crippen molar-refractivity contribution in [2.45, 2.75) is 72.0 Å². The SMILES string of the molecule is CCNC(=O)C(=O)CC[C@H](NC(=O)c1coc2ccccc12)C(=O)Nc1cccn(CC(=O)N[C@H]2C[C@H]3C[C@@H]([C@@H]2C)C3(C)C)c1=O. The van der Waals surface area contributed by atoms with Crippen LogP contribution in [0.5, 0.6) is 0 Å². The molecule has 12 nitrogen and oxygen atoms in total. The smallest absolute Gasteiger partial charge is 0.287 e. The third-order valence-electron chi connectivity index (χ3n) is 9.89. The maximum absolute atomic E-state index is 13.5. The number of Topliss-reactive ketones (excluding diaryl/α,β-unsaturated/α-hetero) is 1. The Morgan fingerprint density at radius 2 is 1.83 bits per heavy atom. The van der Waals surface area contributed by atoms with Gasteiger partial charge in [0.05, 0.1) is 5.56 Å². The first-order valence-electron chi connectivity index (χ1n) is 15.8. The van der Waals surface area contributed by atoms with E-state index >= 15 is 0 Å². The number of anilines is 1. The van der Waals surface area contributed by atoms with E-state index in [0.29, 0.717) is 28.7 Å². The van der Waals surface area contributed by atoms with E-state index in [0.717, 1.165) is 6.42 Å². The highest BCUT2D eigenvalue weighted by Crippen LogP contribution is 2.61. The fraction of sp³-hybridized carbons (Fsp3) is 0.471. The molecule has 244 valence electrons. The standard InChI is InChI=1S/C34H41N5O7/c1-5-35-32(44)27(40)13-12-24(37-30(42)22-18-46-28-11-7-6-9-21(22)28)31(43)38-25-10-8-14-39(33(25)45)17-29(41)36-26-16-20-15-23(19(26)2)34(20,3)4/h6-11,14,18-20,23-24,26H,5,12-13,15-17H2,1-4H3,(H,35,44)(H,36,41)(H,37,42)(H,38,43)/t19-,20+,23-,24-,26-/m0/s1. The lowest BCUT2D eigenvalue weighted by Gasteiger charge is -2.62. The number of carbonyl (C=O) groups is 5. The fourth-order valence-corrected chi connectivity index (χ4v) is 7.03. The maximum Gasteiger partial charge on any atom is 0.287 e. The van der Waals surface area contributed by atoms with Crippen molar-refractivity contribution in [3.8, 4) is 0 Å². The first-order chi connectivity index (χ1) is 21.9. The second kappa shape index (κ2) is 13.3. The van der Waals surface area contributed by atoms with Crippen molar-refractivity contribution in [2.24, 2.45) is 23.2 Å². The summed E-state index contributed by atoms with van der Waals surface area (Å²) in [4.78, 5) is 77.4. The molecule has 5 atom stereocenters. The fourth-order valence-electron chi connectivity index (χ4n) is 7.03. The average molecular weight is 632 g/mol. The molecule has 0 radical (unpaired) electrons. The van der Waals surface area contributed by atoms with Crippen molar-refractivity contribution < 1.29 is 28.4 Å². The number of benzene rings is 1. The number of nitrogens with one attached hydrogen (secondary N) is 4. The van der Waals surface area contributed by atoms with Gasteiger partial charge in [-0.05, 0) is 67.6 Å². The number of aromatic nitrogens is 1. The van der Waals surface area contributed by atoms with Gasteiger partial charge >= 0.3 is 0 Å². The number of carbonyl (C=O) groups excluding carboxylic acids is 5. The first kappa shape index (κ1) is 32.6. The highest BCUT2D eigenvalue weighted by atomic mass is 16.3. The molecule has 3 aliphatic carbocycles. The Hall–Kier alpha value is -4.74. The van der Waals surface area contributed by atoms with Crippen LogP contribution in [0.1, 0.15) is 63.7 Å². The number of likely N-dealkylation sites (N-methyl/N-ethyl adjacent to an activating group) is 1. The number of hydrogen-bond donors (Lipinski definition) is 4. The normalized spacial score (nSPS) is 21.8. The number of fused-ring (bicyclic) bond motifs is 3. The van der Waals surface area contributed by atoms with Crippen LogP contribution in [0, 0.1) is 23.2 Å². The molecule has 2 heterocycles. The van der Waals surface area contributed by atoms with Crippen LogP contribution in [0.2, 0.25) is 0 Å². The van der Waals surface area contributed by atoms with E-state index in [-0.39, 0.29) is 54.5 Å². The lowest BCUT2D eigenvalue weighted by atomic mass is 9.45. The van der Waals surface area contributed by atoms with Crippen LogP contribution < -0.4 is 26.8 Å². The Morgan fingerprint density at radius 3 is 2.54 bits per heavy atom. The van der Waals surface area contributed by atoms with Crippen LogP contribution in [-0.4, -0.2) is 52.6 Å². The van der Waals surface area contributed by atoms with Crippen LogP contribution >= 0.6 is 0 Å². The summed E-state index contributed by atoms with van der Waals surface area (Å²) in [5.41, 5.74) is 0.244. The monoisotopic (exact) mass is 631 g/mol. The number of para-hydroxylation sites is 1. The second-order valence-electron chi connectivity index (χ2n) is 13.0.